The molecule has 0 amide bonds. The molecule has 18 heavy (non-hydrogen) atoms. The van der Waals surface area contributed by atoms with Crippen molar-refractivity contribution in [2.45, 2.75) is 6.54 Å². The smallest absolute Gasteiger partial charge is 0.270 e. The zero-order valence-corrected chi connectivity index (χ0v) is 9.95. The van der Waals surface area contributed by atoms with Gasteiger partial charge < -0.3 is 4.74 Å². The third kappa shape index (κ3) is 2.63. The number of hydrogen-bond donors (Lipinski definition) is 0. The highest BCUT2D eigenvalue weighted by atomic mass is 16.6. The highest BCUT2D eigenvalue weighted by Crippen LogP contribution is 2.23. The summed E-state index contributed by atoms with van der Waals surface area (Å²) in [6.45, 7) is 0.533. The minimum atomic E-state index is -0.404. The Morgan fingerprint density at radius 1 is 1.28 bits per heavy atom. The summed E-state index contributed by atoms with van der Waals surface area (Å²) in [5.74, 6) is 0.650. The number of benzene rings is 1. The Kier molecular flexibility index (Phi) is 3.52. The van der Waals surface area contributed by atoms with Crippen molar-refractivity contribution >= 4 is 5.69 Å². The van der Waals surface area contributed by atoms with Gasteiger partial charge in [0.2, 0.25) is 0 Å². The van der Waals surface area contributed by atoms with Crippen LogP contribution in [0.3, 0.4) is 0 Å². The standard InChI is InChI=1S/C13H13N2O3/c1-18-13-6-5-12(15(16)17)9-11(13)10-14-7-3-2-4-8-14/h2-9H,10H2,1H3/q+1. The largest absolute Gasteiger partial charge is 0.496 e. The van der Waals surface area contributed by atoms with Crippen molar-refractivity contribution in [1.29, 1.82) is 0 Å². The second-order valence-corrected chi connectivity index (χ2v) is 3.80. The number of non-ortho nitro benzene ring substituents is 1. The lowest BCUT2D eigenvalue weighted by atomic mass is 10.1. The summed E-state index contributed by atoms with van der Waals surface area (Å²) in [4.78, 5) is 10.4. The third-order valence-corrected chi connectivity index (χ3v) is 2.61. The van der Waals surface area contributed by atoms with Crippen molar-refractivity contribution in [2.75, 3.05) is 7.11 Å². The molecule has 2 rings (SSSR count). The average molecular weight is 245 g/mol. The quantitative estimate of drug-likeness (QED) is 0.470. The van der Waals surface area contributed by atoms with Gasteiger partial charge >= 0.3 is 0 Å². The fourth-order valence-corrected chi connectivity index (χ4v) is 1.74. The Labute approximate surface area is 104 Å². The first kappa shape index (κ1) is 12.0. The molecule has 0 bridgehead atoms. The van der Waals surface area contributed by atoms with Crippen LogP contribution in [0.5, 0.6) is 5.75 Å². The molecule has 0 fully saturated rings. The minimum Gasteiger partial charge on any atom is -0.496 e. The first-order valence-corrected chi connectivity index (χ1v) is 5.46. The number of nitro benzene ring substituents is 1. The van der Waals surface area contributed by atoms with Gasteiger partial charge in [-0.3, -0.25) is 10.1 Å². The van der Waals surface area contributed by atoms with Crippen molar-refractivity contribution in [3.05, 3.63) is 64.5 Å². The molecular formula is C13H13N2O3+. The van der Waals surface area contributed by atoms with E-state index in [1.807, 2.05) is 35.2 Å². The first-order chi connectivity index (χ1) is 8.70. The van der Waals surface area contributed by atoms with Crippen LogP contribution in [0.1, 0.15) is 5.56 Å². The van der Waals surface area contributed by atoms with Crippen LogP contribution in [-0.2, 0) is 6.54 Å². The van der Waals surface area contributed by atoms with Crippen LogP contribution in [-0.4, -0.2) is 12.0 Å². The van der Waals surface area contributed by atoms with E-state index >= 15 is 0 Å². The zero-order chi connectivity index (χ0) is 13.0. The maximum absolute atomic E-state index is 10.8. The SMILES string of the molecule is COc1ccc([N+](=O)[O-])cc1C[n+]1ccccc1. The van der Waals surface area contributed by atoms with Crippen molar-refractivity contribution in [3.8, 4) is 5.75 Å². The molecule has 0 saturated carbocycles. The summed E-state index contributed by atoms with van der Waals surface area (Å²) in [7, 11) is 1.56. The van der Waals surface area contributed by atoms with Crippen LogP contribution in [0.15, 0.2) is 48.8 Å². The first-order valence-electron chi connectivity index (χ1n) is 5.46. The highest BCUT2D eigenvalue weighted by molar-refractivity contribution is 5.43. The van der Waals surface area contributed by atoms with Crippen LogP contribution in [0.25, 0.3) is 0 Å². The van der Waals surface area contributed by atoms with Crippen molar-refractivity contribution in [3.63, 3.8) is 0 Å². The Balaban J connectivity index is 2.35. The summed E-state index contributed by atoms with van der Waals surface area (Å²) in [6, 6.07) is 10.3. The zero-order valence-electron chi connectivity index (χ0n) is 9.95. The Hall–Kier alpha value is -2.43. The molecule has 1 aromatic heterocycles. The van der Waals surface area contributed by atoms with Gasteiger partial charge in [-0.15, -0.1) is 0 Å². The van der Waals surface area contributed by atoms with E-state index in [1.54, 1.807) is 19.2 Å². The van der Waals surface area contributed by atoms with E-state index in [-0.39, 0.29) is 5.69 Å². The molecule has 2 aromatic rings. The Morgan fingerprint density at radius 3 is 2.61 bits per heavy atom. The van der Waals surface area contributed by atoms with Gasteiger partial charge in [0.1, 0.15) is 5.75 Å². The van der Waals surface area contributed by atoms with Gasteiger partial charge in [-0.05, 0) is 6.07 Å². The average Bonchev–Trinajstić information content (AvgIpc) is 2.39. The van der Waals surface area contributed by atoms with Gasteiger partial charge in [-0.2, -0.15) is 0 Å². The lowest BCUT2D eigenvalue weighted by Crippen LogP contribution is -2.33. The molecule has 92 valence electrons. The number of aromatic nitrogens is 1. The molecule has 1 heterocycles. The van der Waals surface area contributed by atoms with Crippen LogP contribution in [0.2, 0.25) is 0 Å². The van der Waals surface area contributed by atoms with Gasteiger partial charge in [0.05, 0.1) is 17.6 Å². The van der Waals surface area contributed by atoms with E-state index in [2.05, 4.69) is 0 Å². The number of rotatable bonds is 4. The predicted molar refractivity (Wildman–Crippen MR) is 65.4 cm³/mol. The lowest BCUT2D eigenvalue weighted by Gasteiger charge is -2.05. The molecule has 0 N–H and O–H groups in total. The maximum atomic E-state index is 10.8. The molecule has 0 aliphatic rings. The van der Waals surface area contributed by atoms with Crippen molar-refractivity contribution in [2.24, 2.45) is 0 Å². The van der Waals surface area contributed by atoms with Gasteiger partial charge in [-0.25, -0.2) is 4.57 Å². The summed E-state index contributed by atoms with van der Waals surface area (Å²) >= 11 is 0. The Morgan fingerprint density at radius 2 is 2.00 bits per heavy atom. The van der Waals surface area contributed by atoms with E-state index < -0.39 is 4.92 Å². The topological polar surface area (TPSA) is 56.3 Å². The molecule has 1 aromatic carbocycles. The van der Waals surface area contributed by atoms with E-state index in [0.717, 1.165) is 5.56 Å². The van der Waals surface area contributed by atoms with E-state index in [9.17, 15) is 10.1 Å². The third-order valence-electron chi connectivity index (χ3n) is 2.61. The number of nitro groups is 1. The number of nitrogens with zero attached hydrogens (tertiary/aromatic N) is 2. The summed E-state index contributed by atoms with van der Waals surface area (Å²) in [5, 5.41) is 10.8. The molecule has 0 saturated heterocycles. The van der Waals surface area contributed by atoms with Crippen molar-refractivity contribution < 1.29 is 14.2 Å². The van der Waals surface area contributed by atoms with Crippen LogP contribution < -0.4 is 9.30 Å². The fourth-order valence-electron chi connectivity index (χ4n) is 1.74. The lowest BCUT2D eigenvalue weighted by molar-refractivity contribution is -0.688. The normalized spacial score (nSPS) is 10.1. The molecule has 5 heteroatoms. The number of methoxy groups -OCH3 is 1. The van der Waals surface area contributed by atoms with Crippen LogP contribution in [0, 0.1) is 10.1 Å². The molecule has 5 nitrogen and oxygen atoms in total. The molecule has 0 spiro atoms. The summed E-state index contributed by atoms with van der Waals surface area (Å²) in [6.07, 6.45) is 3.80. The van der Waals surface area contributed by atoms with Gasteiger partial charge in [0, 0.05) is 24.3 Å². The molecule has 0 aliphatic heterocycles. The van der Waals surface area contributed by atoms with E-state index in [1.165, 1.54) is 6.07 Å². The Bertz CT molecular complexity index is 555. The van der Waals surface area contributed by atoms with Gasteiger partial charge in [0.15, 0.2) is 18.9 Å². The van der Waals surface area contributed by atoms with Crippen LogP contribution in [0.4, 0.5) is 5.69 Å². The summed E-state index contributed by atoms with van der Waals surface area (Å²) in [5.41, 5.74) is 0.852. The number of pyridine rings is 1. The minimum absolute atomic E-state index is 0.0716. The summed E-state index contributed by atoms with van der Waals surface area (Å²) < 4.78 is 7.15. The number of ether oxygens (including phenoxy) is 1. The fraction of sp³-hybridized carbons (Fsp3) is 0.154. The second-order valence-electron chi connectivity index (χ2n) is 3.80. The maximum Gasteiger partial charge on any atom is 0.270 e. The molecule has 0 unspecified atom stereocenters. The monoisotopic (exact) mass is 245 g/mol. The predicted octanol–water partition coefficient (Wildman–Crippen LogP) is 1.94. The van der Waals surface area contributed by atoms with Gasteiger partial charge in [0.25, 0.3) is 5.69 Å². The molecule has 0 radical (unpaired) electrons. The molecule has 0 aliphatic carbocycles. The molecule has 0 atom stereocenters. The molecular weight excluding hydrogens is 232 g/mol. The van der Waals surface area contributed by atoms with Crippen LogP contribution >= 0.6 is 0 Å². The van der Waals surface area contributed by atoms with E-state index in [0.29, 0.717) is 12.3 Å². The van der Waals surface area contributed by atoms with E-state index in [4.69, 9.17) is 4.74 Å². The number of hydrogen-bond acceptors (Lipinski definition) is 3. The highest BCUT2D eigenvalue weighted by Gasteiger charge is 2.14. The van der Waals surface area contributed by atoms with Crippen molar-refractivity contribution in [1.82, 2.24) is 0 Å². The van der Waals surface area contributed by atoms with Gasteiger partial charge in [-0.1, -0.05) is 6.07 Å². The second kappa shape index (κ2) is 5.27.